The molecule has 1 saturated heterocycles. The van der Waals surface area contributed by atoms with E-state index in [4.69, 9.17) is 4.74 Å². The van der Waals surface area contributed by atoms with E-state index in [9.17, 15) is 9.90 Å². The number of amides is 1. The van der Waals surface area contributed by atoms with Gasteiger partial charge < -0.3 is 14.7 Å². The number of hydrogen-bond donors (Lipinski definition) is 1. The number of carbonyl (C=O) groups excluding carboxylic acids is 1. The Morgan fingerprint density at radius 2 is 2.21 bits per heavy atom. The van der Waals surface area contributed by atoms with Gasteiger partial charge in [0.15, 0.2) is 0 Å². The lowest BCUT2D eigenvalue weighted by molar-refractivity contribution is -0.179. The summed E-state index contributed by atoms with van der Waals surface area (Å²) in [6.45, 7) is 3.02. The number of aryl methyl sites for hydroxylation is 1. The maximum absolute atomic E-state index is 12.4. The number of aliphatic hydroxyl groups is 1. The maximum Gasteiger partial charge on any atom is 0.235 e. The first-order valence-corrected chi connectivity index (χ1v) is 6.97. The van der Waals surface area contributed by atoms with Crippen LogP contribution in [0, 0.1) is 12.3 Å². The van der Waals surface area contributed by atoms with Gasteiger partial charge in [0.05, 0.1) is 19.8 Å². The molecule has 0 bridgehead atoms. The Morgan fingerprint density at radius 1 is 1.53 bits per heavy atom. The van der Waals surface area contributed by atoms with Gasteiger partial charge in [-0.1, -0.05) is 22.0 Å². The van der Waals surface area contributed by atoms with Crippen molar-refractivity contribution in [2.75, 3.05) is 26.9 Å². The largest absolute Gasteiger partial charge is 0.395 e. The molecule has 0 unspecified atom stereocenters. The Hall–Kier alpha value is -0.910. The van der Waals surface area contributed by atoms with Gasteiger partial charge in [-0.3, -0.25) is 4.79 Å². The van der Waals surface area contributed by atoms with E-state index in [2.05, 4.69) is 15.9 Å². The molecular weight excluding hydrogens is 310 g/mol. The number of rotatable bonds is 4. The van der Waals surface area contributed by atoms with Crippen LogP contribution in [0.15, 0.2) is 22.7 Å². The van der Waals surface area contributed by atoms with Crippen LogP contribution in [0.3, 0.4) is 0 Å². The minimum Gasteiger partial charge on any atom is -0.395 e. The van der Waals surface area contributed by atoms with E-state index in [1.807, 2.05) is 25.1 Å². The molecule has 4 nitrogen and oxygen atoms in total. The second-order valence-corrected chi connectivity index (χ2v) is 6.08. The van der Waals surface area contributed by atoms with Crippen LogP contribution in [0.4, 0.5) is 0 Å². The van der Waals surface area contributed by atoms with E-state index in [1.165, 1.54) is 0 Å². The molecule has 1 aliphatic rings. The number of benzene rings is 1. The predicted octanol–water partition coefficient (Wildman–Crippen LogP) is 1.72. The molecule has 1 heterocycles. The van der Waals surface area contributed by atoms with Gasteiger partial charge >= 0.3 is 0 Å². The average Bonchev–Trinajstić information content (AvgIpc) is 2.33. The van der Waals surface area contributed by atoms with Crippen LogP contribution < -0.4 is 0 Å². The molecule has 0 aromatic heterocycles. The maximum atomic E-state index is 12.4. The zero-order chi connectivity index (χ0) is 14.0. The Kier molecular flexibility index (Phi) is 4.28. The van der Waals surface area contributed by atoms with Gasteiger partial charge in [0, 0.05) is 18.1 Å². The summed E-state index contributed by atoms with van der Waals surface area (Å²) in [6, 6.07) is 6.02. The molecular formula is C14H18BrNO3. The van der Waals surface area contributed by atoms with Crippen LogP contribution in [0.2, 0.25) is 0 Å². The molecule has 1 aliphatic heterocycles. The molecule has 0 radical (unpaired) electrons. The van der Waals surface area contributed by atoms with E-state index in [0.717, 1.165) is 15.6 Å². The van der Waals surface area contributed by atoms with Crippen molar-refractivity contribution in [2.24, 2.45) is 5.41 Å². The molecule has 0 atom stereocenters. The average molecular weight is 328 g/mol. The van der Waals surface area contributed by atoms with Gasteiger partial charge in [0.25, 0.3) is 0 Å². The summed E-state index contributed by atoms with van der Waals surface area (Å²) in [5.74, 6) is -0.0550. The smallest absolute Gasteiger partial charge is 0.235 e. The number of ether oxygens (including phenoxy) is 1. The molecule has 0 aliphatic carbocycles. The highest BCUT2D eigenvalue weighted by molar-refractivity contribution is 9.10. The third-order valence-electron chi connectivity index (χ3n) is 3.58. The second kappa shape index (κ2) is 5.61. The summed E-state index contributed by atoms with van der Waals surface area (Å²) in [5, 5.41) is 9.39. The van der Waals surface area contributed by atoms with E-state index < -0.39 is 5.41 Å². The summed E-state index contributed by atoms with van der Waals surface area (Å²) in [5.41, 5.74) is 1.51. The SMILES string of the molecule is Cc1ccc(Br)cc1CN(C)C(=O)C1(CO)COC1. The number of aliphatic hydroxyl groups excluding tert-OH is 1. The first kappa shape index (κ1) is 14.5. The lowest BCUT2D eigenvalue weighted by Gasteiger charge is -2.40. The first-order valence-electron chi connectivity index (χ1n) is 6.18. The van der Waals surface area contributed by atoms with Gasteiger partial charge in [-0.05, 0) is 30.2 Å². The van der Waals surface area contributed by atoms with Gasteiger partial charge in [0.1, 0.15) is 5.41 Å². The Balaban J connectivity index is 2.10. The van der Waals surface area contributed by atoms with Crippen LogP contribution in [-0.4, -0.2) is 42.8 Å². The van der Waals surface area contributed by atoms with Crippen molar-refractivity contribution in [1.82, 2.24) is 4.90 Å². The normalized spacial score (nSPS) is 16.8. The lowest BCUT2D eigenvalue weighted by Crippen LogP contribution is -2.56. The van der Waals surface area contributed by atoms with Crippen molar-refractivity contribution < 1.29 is 14.6 Å². The predicted molar refractivity (Wildman–Crippen MR) is 75.7 cm³/mol. The van der Waals surface area contributed by atoms with E-state index in [1.54, 1.807) is 11.9 Å². The van der Waals surface area contributed by atoms with Gasteiger partial charge in [0.2, 0.25) is 5.91 Å². The number of hydrogen-bond acceptors (Lipinski definition) is 3. The first-order chi connectivity index (χ1) is 8.98. The molecule has 0 spiro atoms. The summed E-state index contributed by atoms with van der Waals surface area (Å²) in [7, 11) is 1.76. The van der Waals surface area contributed by atoms with E-state index in [-0.39, 0.29) is 12.5 Å². The third-order valence-corrected chi connectivity index (χ3v) is 4.07. The molecule has 2 rings (SSSR count). The summed E-state index contributed by atoms with van der Waals surface area (Å²) < 4.78 is 6.08. The Labute approximate surface area is 121 Å². The molecule has 1 aromatic rings. The highest BCUT2D eigenvalue weighted by Gasteiger charge is 2.46. The quantitative estimate of drug-likeness (QED) is 0.916. The number of nitrogens with zero attached hydrogens (tertiary/aromatic N) is 1. The molecule has 1 fully saturated rings. The van der Waals surface area contributed by atoms with Crippen LogP contribution in [0.5, 0.6) is 0 Å². The number of carbonyl (C=O) groups is 1. The monoisotopic (exact) mass is 327 g/mol. The minimum atomic E-state index is -0.728. The van der Waals surface area contributed by atoms with Crippen molar-refractivity contribution in [3.63, 3.8) is 0 Å². The lowest BCUT2D eigenvalue weighted by atomic mass is 9.85. The van der Waals surface area contributed by atoms with Crippen molar-refractivity contribution in [1.29, 1.82) is 0 Å². The minimum absolute atomic E-state index is 0.0550. The summed E-state index contributed by atoms with van der Waals surface area (Å²) in [4.78, 5) is 14.0. The van der Waals surface area contributed by atoms with Crippen LogP contribution in [0.1, 0.15) is 11.1 Å². The standard InChI is InChI=1S/C14H18BrNO3/c1-10-3-4-12(15)5-11(10)6-16(2)13(18)14(7-17)8-19-9-14/h3-5,17H,6-9H2,1-2H3. The fraction of sp³-hybridized carbons (Fsp3) is 0.500. The van der Waals surface area contributed by atoms with Crippen LogP contribution >= 0.6 is 15.9 Å². The topological polar surface area (TPSA) is 49.8 Å². The second-order valence-electron chi connectivity index (χ2n) is 5.16. The highest BCUT2D eigenvalue weighted by atomic mass is 79.9. The van der Waals surface area contributed by atoms with Crippen molar-refractivity contribution in [3.05, 3.63) is 33.8 Å². The molecule has 19 heavy (non-hydrogen) atoms. The van der Waals surface area contributed by atoms with Crippen molar-refractivity contribution >= 4 is 21.8 Å². The zero-order valence-corrected chi connectivity index (χ0v) is 12.7. The molecule has 104 valence electrons. The molecule has 1 amide bonds. The fourth-order valence-electron chi connectivity index (χ4n) is 2.17. The van der Waals surface area contributed by atoms with Crippen LogP contribution in [-0.2, 0) is 16.1 Å². The highest BCUT2D eigenvalue weighted by Crippen LogP contribution is 2.29. The third kappa shape index (κ3) is 2.83. The summed E-state index contributed by atoms with van der Waals surface area (Å²) in [6.07, 6.45) is 0. The summed E-state index contributed by atoms with van der Waals surface area (Å²) >= 11 is 3.44. The van der Waals surface area contributed by atoms with Crippen LogP contribution in [0.25, 0.3) is 0 Å². The zero-order valence-electron chi connectivity index (χ0n) is 11.1. The van der Waals surface area contributed by atoms with Gasteiger partial charge in [-0.25, -0.2) is 0 Å². The van der Waals surface area contributed by atoms with E-state index in [0.29, 0.717) is 19.8 Å². The molecule has 1 N–H and O–H groups in total. The Morgan fingerprint density at radius 3 is 2.74 bits per heavy atom. The number of halogens is 1. The fourth-order valence-corrected chi connectivity index (χ4v) is 2.58. The Bertz CT molecular complexity index is 480. The van der Waals surface area contributed by atoms with Gasteiger partial charge in [-0.15, -0.1) is 0 Å². The van der Waals surface area contributed by atoms with Gasteiger partial charge in [-0.2, -0.15) is 0 Å². The van der Waals surface area contributed by atoms with Crippen molar-refractivity contribution in [2.45, 2.75) is 13.5 Å². The van der Waals surface area contributed by atoms with E-state index >= 15 is 0 Å². The van der Waals surface area contributed by atoms with Crippen molar-refractivity contribution in [3.8, 4) is 0 Å². The molecule has 0 saturated carbocycles. The molecule has 5 heteroatoms. The molecule has 1 aromatic carbocycles.